The molecule has 2 heterocycles. The lowest BCUT2D eigenvalue weighted by atomic mass is 9.92. The normalized spacial score (nSPS) is 20.5. The average molecular weight is 509 g/mol. The molecule has 1 aliphatic carbocycles. The number of fused-ring (bicyclic) bond motifs is 1. The molecule has 172 valence electrons. The van der Waals surface area contributed by atoms with E-state index in [0.29, 0.717) is 38.0 Å². The van der Waals surface area contributed by atoms with Crippen molar-refractivity contribution >= 4 is 21.8 Å². The van der Waals surface area contributed by atoms with Crippen molar-refractivity contribution in [1.82, 2.24) is 19.9 Å². The third-order valence-electron chi connectivity index (χ3n) is 7.06. The van der Waals surface area contributed by atoms with Gasteiger partial charge in [-0.2, -0.15) is 0 Å². The second kappa shape index (κ2) is 9.03. The number of halogens is 1. The van der Waals surface area contributed by atoms with Crippen LogP contribution in [0.5, 0.6) is 0 Å². The van der Waals surface area contributed by atoms with Crippen LogP contribution in [0.1, 0.15) is 53.6 Å². The van der Waals surface area contributed by atoms with Crippen molar-refractivity contribution in [3.05, 3.63) is 75.0 Å². The number of carbonyl (C=O) groups is 1. The van der Waals surface area contributed by atoms with E-state index in [1.54, 1.807) is 4.68 Å². The molecule has 33 heavy (non-hydrogen) atoms. The number of nitrogens with zero attached hydrogens (tertiary/aromatic N) is 4. The molecule has 0 radical (unpaired) electrons. The number of aromatic nitrogens is 3. The Morgan fingerprint density at radius 3 is 2.79 bits per heavy atom. The fourth-order valence-electron chi connectivity index (χ4n) is 5.12. The lowest BCUT2D eigenvalue weighted by molar-refractivity contribution is -0.130. The molecule has 5 rings (SSSR count). The van der Waals surface area contributed by atoms with E-state index in [1.807, 2.05) is 36.2 Å². The van der Waals surface area contributed by atoms with E-state index in [4.69, 9.17) is 0 Å². The molecule has 0 spiro atoms. The highest BCUT2D eigenvalue weighted by Crippen LogP contribution is 2.32. The molecule has 1 atom stereocenters. The van der Waals surface area contributed by atoms with Crippen molar-refractivity contribution in [2.45, 2.75) is 57.5 Å². The van der Waals surface area contributed by atoms with Crippen LogP contribution in [0.3, 0.4) is 0 Å². The van der Waals surface area contributed by atoms with E-state index in [1.165, 1.54) is 17.5 Å². The standard InChI is InChI=1S/C26H29BrN4O2/c1-18-14-22(27)8-9-23(18)31-17-24(28-29-31)26(33)10-3-12-30(13-11-26)25(32)16-19-6-7-20-4-2-5-21(20)15-19/h6-9,14-15,17,33H,2-5,10-13,16H2,1H3. The molecule has 1 aliphatic heterocycles. The van der Waals surface area contributed by atoms with E-state index in [2.05, 4.69) is 44.4 Å². The molecule has 7 heteroatoms. The molecule has 1 saturated heterocycles. The van der Waals surface area contributed by atoms with Gasteiger partial charge in [0, 0.05) is 17.6 Å². The minimum atomic E-state index is -1.08. The molecule has 0 bridgehead atoms. The van der Waals surface area contributed by atoms with Gasteiger partial charge in [-0.15, -0.1) is 5.10 Å². The molecule has 1 unspecified atom stereocenters. The number of aliphatic hydroxyl groups is 1. The molecular formula is C26H29BrN4O2. The summed E-state index contributed by atoms with van der Waals surface area (Å²) in [6, 6.07) is 12.5. The number of rotatable bonds is 4. The van der Waals surface area contributed by atoms with Gasteiger partial charge in [0.15, 0.2) is 0 Å². The summed E-state index contributed by atoms with van der Waals surface area (Å²) in [6.07, 6.45) is 7.48. The Balaban J connectivity index is 1.26. The monoisotopic (exact) mass is 508 g/mol. The van der Waals surface area contributed by atoms with Gasteiger partial charge in [-0.3, -0.25) is 4.79 Å². The first-order valence-electron chi connectivity index (χ1n) is 11.7. The van der Waals surface area contributed by atoms with Gasteiger partial charge in [0.25, 0.3) is 0 Å². The summed E-state index contributed by atoms with van der Waals surface area (Å²) in [5.41, 5.74) is 5.40. The van der Waals surface area contributed by atoms with E-state index in [-0.39, 0.29) is 5.91 Å². The summed E-state index contributed by atoms with van der Waals surface area (Å²) >= 11 is 3.49. The van der Waals surface area contributed by atoms with Crippen LogP contribution in [0, 0.1) is 6.92 Å². The Hall–Kier alpha value is -2.51. The van der Waals surface area contributed by atoms with Crippen LogP contribution < -0.4 is 0 Å². The molecule has 2 aromatic carbocycles. The van der Waals surface area contributed by atoms with Gasteiger partial charge in [0.1, 0.15) is 11.3 Å². The van der Waals surface area contributed by atoms with Crippen molar-refractivity contribution in [3.63, 3.8) is 0 Å². The average Bonchev–Trinajstić information content (AvgIpc) is 3.41. The largest absolute Gasteiger partial charge is 0.383 e. The smallest absolute Gasteiger partial charge is 0.226 e. The van der Waals surface area contributed by atoms with Gasteiger partial charge >= 0.3 is 0 Å². The Morgan fingerprint density at radius 1 is 1.09 bits per heavy atom. The molecule has 2 aliphatic rings. The molecule has 0 saturated carbocycles. The van der Waals surface area contributed by atoms with Crippen LogP contribution in [-0.2, 0) is 29.7 Å². The van der Waals surface area contributed by atoms with Crippen molar-refractivity contribution in [2.75, 3.05) is 13.1 Å². The zero-order valence-electron chi connectivity index (χ0n) is 18.9. The second-order valence-electron chi connectivity index (χ2n) is 9.38. The molecule has 1 amide bonds. The first kappa shape index (κ1) is 22.3. The van der Waals surface area contributed by atoms with Crippen molar-refractivity contribution in [1.29, 1.82) is 0 Å². The lowest BCUT2D eigenvalue weighted by Crippen LogP contribution is -2.34. The van der Waals surface area contributed by atoms with E-state index in [9.17, 15) is 9.90 Å². The SMILES string of the molecule is Cc1cc(Br)ccc1-n1cc(C2(O)CCCN(C(=O)Cc3ccc4c(c3)CCC4)CC2)nn1. The van der Waals surface area contributed by atoms with Crippen LogP contribution in [0.2, 0.25) is 0 Å². The summed E-state index contributed by atoms with van der Waals surface area (Å²) in [6.45, 7) is 3.20. The second-order valence-corrected chi connectivity index (χ2v) is 10.3. The topological polar surface area (TPSA) is 71.2 Å². The van der Waals surface area contributed by atoms with Gasteiger partial charge in [0.05, 0.1) is 18.3 Å². The predicted molar refractivity (Wildman–Crippen MR) is 130 cm³/mol. The van der Waals surface area contributed by atoms with Crippen LogP contribution in [0.15, 0.2) is 47.1 Å². The first-order chi connectivity index (χ1) is 15.9. The molecular weight excluding hydrogens is 480 g/mol. The van der Waals surface area contributed by atoms with Gasteiger partial charge in [-0.25, -0.2) is 4.68 Å². The zero-order valence-corrected chi connectivity index (χ0v) is 20.5. The maximum atomic E-state index is 13.0. The number of hydrogen-bond donors (Lipinski definition) is 1. The molecule has 3 aromatic rings. The Labute approximate surface area is 202 Å². The number of benzene rings is 2. The van der Waals surface area contributed by atoms with Crippen LogP contribution in [-0.4, -0.2) is 44.0 Å². The molecule has 1 fully saturated rings. The van der Waals surface area contributed by atoms with Crippen LogP contribution >= 0.6 is 15.9 Å². The predicted octanol–water partition coefficient (Wildman–Crippen LogP) is 4.27. The van der Waals surface area contributed by atoms with Gasteiger partial charge in [-0.1, -0.05) is 39.3 Å². The van der Waals surface area contributed by atoms with Gasteiger partial charge in [-0.05, 0) is 85.9 Å². The third kappa shape index (κ3) is 4.62. The third-order valence-corrected chi connectivity index (χ3v) is 7.55. The maximum Gasteiger partial charge on any atom is 0.226 e. The van der Waals surface area contributed by atoms with Gasteiger partial charge in [0.2, 0.25) is 5.91 Å². The van der Waals surface area contributed by atoms with Crippen molar-refractivity contribution in [3.8, 4) is 5.69 Å². The molecule has 6 nitrogen and oxygen atoms in total. The summed E-state index contributed by atoms with van der Waals surface area (Å²) in [4.78, 5) is 14.9. The Kier molecular flexibility index (Phi) is 6.10. The molecule has 1 N–H and O–H groups in total. The van der Waals surface area contributed by atoms with Crippen molar-refractivity contribution < 1.29 is 9.90 Å². The highest BCUT2D eigenvalue weighted by Gasteiger charge is 2.36. The van der Waals surface area contributed by atoms with Crippen LogP contribution in [0.4, 0.5) is 0 Å². The lowest BCUT2D eigenvalue weighted by Gasteiger charge is -2.24. The fraction of sp³-hybridized carbons (Fsp3) is 0.423. The van der Waals surface area contributed by atoms with E-state index in [0.717, 1.165) is 40.5 Å². The van der Waals surface area contributed by atoms with Crippen LogP contribution in [0.25, 0.3) is 5.69 Å². The number of likely N-dealkylation sites (tertiary alicyclic amines) is 1. The number of aryl methyl sites for hydroxylation is 3. The number of carbonyl (C=O) groups excluding carboxylic acids is 1. The van der Waals surface area contributed by atoms with E-state index >= 15 is 0 Å². The molecule has 1 aromatic heterocycles. The summed E-state index contributed by atoms with van der Waals surface area (Å²) in [5, 5.41) is 20.0. The quantitative estimate of drug-likeness (QED) is 0.571. The minimum Gasteiger partial charge on any atom is -0.383 e. The zero-order chi connectivity index (χ0) is 23.0. The number of amides is 1. The summed E-state index contributed by atoms with van der Waals surface area (Å²) < 4.78 is 2.73. The summed E-state index contributed by atoms with van der Waals surface area (Å²) in [7, 11) is 0. The Bertz CT molecular complexity index is 1190. The van der Waals surface area contributed by atoms with Crippen molar-refractivity contribution in [2.24, 2.45) is 0 Å². The summed E-state index contributed by atoms with van der Waals surface area (Å²) in [5.74, 6) is 0.131. The van der Waals surface area contributed by atoms with E-state index < -0.39 is 5.60 Å². The number of hydrogen-bond acceptors (Lipinski definition) is 4. The fourth-order valence-corrected chi connectivity index (χ4v) is 5.59. The van der Waals surface area contributed by atoms with Gasteiger partial charge < -0.3 is 10.0 Å². The maximum absolute atomic E-state index is 13.0. The highest BCUT2D eigenvalue weighted by atomic mass is 79.9. The Morgan fingerprint density at radius 2 is 1.94 bits per heavy atom. The minimum absolute atomic E-state index is 0.131. The highest BCUT2D eigenvalue weighted by molar-refractivity contribution is 9.10. The first-order valence-corrected chi connectivity index (χ1v) is 12.5.